The van der Waals surface area contributed by atoms with E-state index in [1.54, 1.807) is 0 Å². The van der Waals surface area contributed by atoms with Gasteiger partial charge in [0.05, 0.1) is 22.1 Å². The molecule has 0 N–H and O–H groups in total. The van der Waals surface area contributed by atoms with Gasteiger partial charge in [0.25, 0.3) is 0 Å². The van der Waals surface area contributed by atoms with E-state index >= 15 is 0 Å². The summed E-state index contributed by atoms with van der Waals surface area (Å²) in [4.78, 5) is 15.2. The fourth-order valence-corrected chi connectivity index (χ4v) is 10.4. The first-order valence-electron chi connectivity index (χ1n) is 23.3. The van der Waals surface area contributed by atoms with E-state index in [1.165, 1.54) is 38.1 Å². The van der Waals surface area contributed by atoms with Crippen LogP contribution in [0.3, 0.4) is 0 Å². The second-order valence-electron chi connectivity index (χ2n) is 17.6. The van der Waals surface area contributed by atoms with Crippen molar-refractivity contribution in [2.24, 2.45) is 0 Å². The Bertz CT molecular complexity index is 4230. The molecule has 10 aromatic carbocycles. The molecule has 14 aromatic rings. The normalized spacial score (nSPS) is 11.8. The average Bonchev–Trinajstić information content (AvgIpc) is 4.08. The molecule has 0 aliphatic carbocycles. The van der Waals surface area contributed by atoms with Gasteiger partial charge in [-0.15, -0.1) is 0 Å². The molecule has 0 atom stereocenters. The lowest BCUT2D eigenvalue weighted by Gasteiger charge is -2.10. The zero-order valence-electron chi connectivity index (χ0n) is 37.2. The Morgan fingerprint density at radius 1 is 0.275 bits per heavy atom. The van der Waals surface area contributed by atoms with Crippen molar-refractivity contribution in [1.82, 2.24) is 24.1 Å². The van der Waals surface area contributed by atoms with Gasteiger partial charge >= 0.3 is 0 Å². The lowest BCUT2D eigenvalue weighted by atomic mass is 9.98. The lowest BCUT2D eigenvalue weighted by molar-refractivity contribution is 0.669. The molecule has 0 amide bonds. The minimum absolute atomic E-state index is 0.591. The van der Waals surface area contributed by atoms with Gasteiger partial charge in [-0.25, -0.2) is 15.0 Å². The summed E-state index contributed by atoms with van der Waals surface area (Å²) in [7, 11) is 0. The molecule has 0 fully saturated rings. The number of hydrogen-bond donors (Lipinski definition) is 0. The summed E-state index contributed by atoms with van der Waals surface area (Å²) in [6.07, 6.45) is 0. The number of nitrogens with zero attached hydrogens (tertiary/aromatic N) is 5. The van der Waals surface area contributed by atoms with Crippen LogP contribution in [0.25, 0.3) is 133 Å². The van der Waals surface area contributed by atoms with E-state index < -0.39 is 0 Å². The highest BCUT2D eigenvalue weighted by Gasteiger charge is 2.20. The Kier molecular flexibility index (Phi) is 8.79. The second-order valence-corrected chi connectivity index (χ2v) is 17.6. The predicted octanol–water partition coefficient (Wildman–Crippen LogP) is 16.3. The Labute approximate surface area is 396 Å². The fourth-order valence-electron chi connectivity index (χ4n) is 10.4. The number of para-hydroxylation sites is 3. The van der Waals surface area contributed by atoms with Crippen LogP contribution in [-0.2, 0) is 0 Å². The van der Waals surface area contributed by atoms with Gasteiger partial charge in [0.2, 0.25) is 0 Å². The number of benzene rings is 10. The van der Waals surface area contributed by atoms with Crippen LogP contribution in [0.4, 0.5) is 0 Å². The van der Waals surface area contributed by atoms with E-state index in [9.17, 15) is 0 Å². The Morgan fingerprint density at radius 2 is 0.739 bits per heavy atom. The molecule has 0 aliphatic rings. The third-order valence-corrected chi connectivity index (χ3v) is 13.6. The van der Waals surface area contributed by atoms with Crippen LogP contribution in [0, 0.1) is 0 Å². The first-order valence-corrected chi connectivity index (χ1v) is 23.3. The summed E-state index contributed by atoms with van der Waals surface area (Å²) in [5, 5.41) is 6.81. The van der Waals surface area contributed by atoms with Gasteiger partial charge in [-0.2, -0.15) is 0 Å². The number of hydrogen-bond acceptors (Lipinski definition) is 4. The van der Waals surface area contributed by atoms with E-state index in [-0.39, 0.29) is 0 Å². The molecule has 0 bridgehead atoms. The van der Waals surface area contributed by atoms with Crippen LogP contribution >= 0.6 is 0 Å². The van der Waals surface area contributed by atoms with Gasteiger partial charge in [-0.1, -0.05) is 158 Å². The van der Waals surface area contributed by atoms with Gasteiger partial charge in [-0.3, -0.25) is 0 Å². The number of aromatic nitrogens is 5. The SMILES string of the molecule is c1ccc(-c2nc(-c3ccccc3)nc(-c3cccc4oc5ccc(-c6ccc7c(c6)c6cc(-c8ccc9c%10ccccc%10n(-c%10ccccc%10)c9c8)ccc6n7-c6ccccc6)cc5c34)n2)cc1. The predicted molar refractivity (Wildman–Crippen MR) is 283 cm³/mol. The minimum Gasteiger partial charge on any atom is -0.456 e. The monoisotopic (exact) mass is 881 g/mol. The molecular weight excluding hydrogens is 843 g/mol. The van der Waals surface area contributed by atoms with Gasteiger partial charge in [0.15, 0.2) is 17.5 Å². The zero-order chi connectivity index (χ0) is 45.4. The van der Waals surface area contributed by atoms with Crippen molar-refractivity contribution in [2.75, 3.05) is 0 Å². The van der Waals surface area contributed by atoms with Crippen molar-refractivity contribution in [3.05, 3.63) is 237 Å². The van der Waals surface area contributed by atoms with E-state index in [4.69, 9.17) is 19.4 Å². The average molecular weight is 882 g/mol. The minimum atomic E-state index is 0.591. The summed E-state index contributed by atoms with van der Waals surface area (Å²) >= 11 is 0. The summed E-state index contributed by atoms with van der Waals surface area (Å²) in [5.74, 6) is 1.83. The molecule has 0 radical (unpaired) electrons. The molecule has 6 nitrogen and oxygen atoms in total. The van der Waals surface area contributed by atoms with Gasteiger partial charge in [-0.05, 0) is 101 Å². The third kappa shape index (κ3) is 6.38. The lowest BCUT2D eigenvalue weighted by Crippen LogP contribution is -2.00. The van der Waals surface area contributed by atoms with Gasteiger partial charge < -0.3 is 13.6 Å². The molecule has 69 heavy (non-hydrogen) atoms. The first-order chi connectivity index (χ1) is 34.2. The Balaban J connectivity index is 0.938. The summed E-state index contributed by atoms with van der Waals surface area (Å²) < 4.78 is 11.3. The number of rotatable bonds is 7. The van der Waals surface area contributed by atoms with Crippen LogP contribution < -0.4 is 0 Å². The van der Waals surface area contributed by atoms with Gasteiger partial charge in [0, 0.05) is 60.4 Å². The maximum Gasteiger partial charge on any atom is 0.164 e. The molecule has 0 spiro atoms. The second kappa shape index (κ2) is 15.6. The Hall–Kier alpha value is -9.39. The summed E-state index contributed by atoms with van der Waals surface area (Å²) in [6, 6.07) is 83.6. The topological polar surface area (TPSA) is 61.7 Å². The molecular formula is C63H39N5O. The van der Waals surface area contributed by atoms with Crippen molar-refractivity contribution >= 4 is 65.6 Å². The molecule has 4 aromatic heterocycles. The highest BCUT2D eigenvalue weighted by molar-refractivity contribution is 6.15. The van der Waals surface area contributed by atoms with E-state index in [0.717, 1.165) is 77.7 Å². The Morgan fingerprint density at radius 3 is 1.36 bits per heavy atom. The van der Waals surface area contributed by atoms with Crippen molar-refractivity contribution in [1.29, 1.82) is 0 Å². The molecule has 0 saturated carbocycles. The zero-order valence-corrected chi connectivity index (χ0v) is 37.2. The van der Waals surface area contributed by atoms with Crippen molar-refractivity contribution in [3.8, 4) is 67.8 Å². The smallest absolute Gasteiger partial charge is 0.164 e. The van der Waals surface area contributed by atoms with E-state index in [0.29, 0.717) is 17.5 Å². The van der Waals surface area contributed by atoms with E-state index in [1.807, 2.05) is 72.8 Å². The molecule has 0 aliphatic heterocycles. The van der Waals surface area contributed by atoms with Crippen LogP contribution in [0.5, 0.6) is 0 Å². The highest BCUT2D eigenvalue weighted by Crippen LogP contribution is 2.42. The number of fused-ring (bicyclic) bond motifs is 9. The van der Waals surface area contributed by atoms with Crippen LogP contribution in [0.2, 0.25) is 0 Å². The first kappa shape index (κ1) is 38.8. The van der Waals surface area contributed by atoms with Crippen molar-refractivity contribution in [3.63, 3.8) is 0 Å². The summed E-state index contributed by atoms with van der Waals surface area (Å²) in [5.41, 5.74) is 15.8. The molecule has 0 saturated heterocycles. The van der Waals surface area contributed by atoms with Crippen molar-refractivity contribution < 1.29 is 4.42 Å². The fraction of sp³-hybridized carbons (Fsp3) is 0. The van der Waals surface area contributed by atoms with Crippen LogP contribution in [0.1, 0.15) is 0 Å². The molecule has 322 valence electrons. The van der Waals surface area contributed by atoms with Gasteiger partial charge in [0.1, 0.15) is 11.2 Å². The van der Waals surface area contributed by atoms with Crippen LogP contribution in [-0.4, -0.2) is 24.1 Å². The van der Waals surface area contributed by atoms with E-state index in [2.05, 4.69) is 173 Å². The molecule has 14 rings (SSSR count). The van der Waals surface area contributed by atoms with Crippen molar-refractivity contribution in [2.45, 2.75) is 0 Å². The third-order valence-electron chi connectivity index (χ3n) is 13.6. The molecule has 0 unspecified atom stereocenters. The largest absolute Gasteiger partial charge is 0.456 e. The maximum absolute atomic E-state index is 6.57. The maximum atomic E-state index is 6.57. The standard InChI is InChI=1S/C63H39N5O/c1-5-16-40(17-6-1)61-64-62(41-18-7-2-8-19-41)66-63(65-61)50-25-15-27-59-60(50)53-38-44(31-35-58(53)69-59)42-29-33-55-51(36-42)52-37-43(30-34-56(52)67(55)46-20-9-3-10-21-46)45-28-32-49-48-24-13-14-26-54(48)68(57(49)39-45)47-22-11-4-12-23-47/h1-39H. The highest BCUT2D eigenvalue weighted by atomic mass is 16.3. The molecule has 6 heteroatoms. The number of furan rings is 1. The summed E-state index contributed by atoms with van der Waals surface area (Å²) in [6.45, 7) is 0. The van der Waals surface area contributed by atoms with Crippen LogP contribution in [0.15, 0.2) is 241 Å². The quantitative estimate of drug-likeness (QED) is 0.160. The molecule has 4 heterocycles.